The molecular weight excluding hydrogens is 296 g/mol. The third-order valence-electron chi connectivity index (χ3n) is 4.53. The van der Waals surface area contributed by atoms with Crippen LogP contribution in [0, 0.1) is 0 Å². The third-order valence-corrected chi connectivity index (χ3v) is 5.61. The number of amides is 2. The van der Waals surface area contributed by atoms with E-state index in [-0.39, 0.29) is 11.8 Å². The van der Waals surface area contributed by atoms with Crippen molar-refractivity contribution in [3.05, 3.63) is 23.8 Å². The van der Waals surface area contributed by atoms with Crippen LogP contribution in [0.4, 0.5) is 5.69 Å². The van der Waals surface area contributed by atoms with E-state index in [1.165, 1.54) is 19.3 Å². The highest BCUT2D eigenvalue weighted by molar-refractivity contribution is 7.99. The lowest BCUT2D eigenvalue weighted by molar-refractivity contribution is -0.115. The van der Waals surface area contributed by atoms with Gasteiger partial charge in [-0.3, -0.25) is 9.59 Å². The van der Waals surface area contributed by atoms with Crippen LogP contribution in [0.2, 0.25) is 0 Å². The summed E-state index contributed by atoms with van der Waals surface area (Å²) in [7, 11) is 1.90. The van der Waals surface area contributed by atoms with Gasteiger partial charge in [0.2, 0.25) is 5.91 Å². The van der Waals surface area contributed by atoms with E-state index in [4.69, 9.17) is 0 Å². The maximum absolute atomic E-state index is 12.7. The van der Waals surface area contributed by atoms with Gasteiger partial charge in [0, 0.05) is 35.7 Å². The molecule has 0 bridgehead atoms. The first-order valence-corrected chi connectivity index (χ1v) is 8.97. The van der Waals surface area contributed by atoms with Crippen molar-refractivity contribution in [3.8, 4) is 0 Å². The molecule has 0 spiro atoms. The van der Waals surface area contributed by atoms with Gasteiger partial charge in [-0.2, -0.15) is 0 Å². The average molecular weight is 318 g/mol. The maximum atomic E-state index is 12.7. The summed E-state index contributed by atoms with van der Waals surface area (Å²) < 4.78 is 0. The van der Waals surface area contributed by atoms with Crippen LogP contribution in [0.1, 0.15) is 48.9 Å². The lowest BCUT2D eigenvalue weighted by Crippen LogP contribution is -2.38. The summed E-state index contributed by atoms with van der Waals surface area (Å²) >= 11 is 1.66. The van der Waals surface area contributed by atoms with Crippen LogP contribution in [-0.4, -0.2) is 35.6 Å². The summed E-state index contributed by atoms with van der Waals surface area (Å²) in [5, 5.41) is 2.91. The first-order valence-electron chi connectivity index (χ1n) is 7.99. The molecule has 4 nitrogen and oxygen atoms in total. The van der Waals surface area contributed by atoms with Crippen LogP contribution >= 0.6 is 11.8 Å². The molecule has 2 aliphatic rings. The van der Waals surface area contributed by atoms with Crippen LogP contribution in [0.5, 0.6) is 0 Å². The van der Waals surface area contributed by atoms with Crippen molar-refractivity contribution in [1.29, 1.82) is 0 Å². The number of hydrogen-bond acceptors (Lipinski definition) is 3. The third kappa shape index (κ3) is 3.29. The summed E-state index contributed by atoms with van der Waals surface area (Å²) in [6, 6.07) is 6.01. The zero-order valence-electron chi connectivity index (χ0n) is 12.9. The van der Waals surface area contributed by atoms with Gasteiger partial charge in [-0.05, 0) is 31.0 Å². The van der Waals surface area contributed by atoms with E-state index in [1.807, 2.05) is 30.1 Å². The minimum Gasteiger partial charge on any atom is -0.339 e. The Hall–Kier alpha value is -1.49. The Balaban J connectivity index is 1.79. The average Bonchev–Trinajstić information content (AvgIpc) is 2.74. The number of thioether (sulfide) groups is 1. The van der Waals surface area contributed by atoms with E-state index in [9.17, 15) is 9.59 Å². The first-order chi connectivity index (χ1) is 10.6. The van der Waals surface area contributed by atoms with Gasteiger partial charge in [0.1, 0.15) is 0 Å². The summed E-state index contributed by atoms with van der Waals surface area (Å²) in [6.45, 7) is 0. The van der Waals surface area contributed by atoms with E-state index < -0.39 is 0 Å². The van der Waals surface area contributed by atoms with Crippen molar-refractivity contribution < 1.29 is 9.59 Å². The fourth-order valence-corrected chi connectivity index (χ4v) is 4.13. The van der Waals surface area contributed by atoms with Crippen molar-refractivity contribution in [3.63, 3.8) is 0 Å². The fraction of sp³-hybridized carbons (Fsp3) is 0.529. The molecule has 0 saturated heterocycles. The van der Waals surface area contributed by atoms with Crippen molar-refractivity contribution in [2.45, 2.75) is 49.5 Å². The van der Waals surface area contributed by atoms with Gasteiger partial charge in [0.25, 0.3) is 5.91 Å². The van der Waals surface area contributed by atoms with Gasteiger partial charge in [-0.25, -0.2) is 0 Å². The molecule has 0 radical (unpaired) electrons. The largest absolute Gasteiger partial charge is 0.339 e. The number of rotatable bonds is 2. The standard InChI is InChI=1S/C17H22N2O2S/c1-19(13-5-3-2-4-6-13)17(21)12-7-8-15-14(11-12)18-16(20)9-10-22-15/h7-8,11,13H,2-6,9-10H2,1H3,(H,18,20). The van der Waals surface area contributed by atoms with E-state index in [1.54, 1.807) is 11.8 Å². The van der Waals surface area contributed by atoms with Crippen molar-refractivity contribution in [1.82, 2.24) is 4.90 Å². The van der Waals surface area contributed by atoms with E-state index in [0.29, 0.717) is 18.0 Å². The molecular formula is C17H22N2O2S. The molecule has 1 aliphatic carbocycles. The van der Waals surface area contributed by atoms with Crippen LogP contribution in [0.3, 0.4) is 0 Å². The molecule has 1 saturated carbocycles. The number of benzene rings is 1. The number of hydrogen-bond donors (Lipinski definition) is 1. The van der Waals surface area contributed by atoms with Crippen molar-refractivity contribution in [2.24, 2.45) is 0 Å². The Morgan fingerprint density at radius 2 is 2.05 bits per heavy atom. The van der Waals surface area contributed by atoms with Crippen LogP contribution < -0.4 is 5.32 Å². The zero-order chi connectivity index (χ0) is 15.5. The van der Waals surface area contributed by atoms with E-state index in [2.05, 4.69) is 5.32 Å². The summed E-state index contributed by atoms with van der Waals surface area (Å²) in [5.41, 5.74) is 1.44. The van der Waals surface area contributed by atoms with Gasteiger partial charge in [-0.1, -0.05) is 19.3 Å². The Morgan fingerprint density at radius 3 is 2.82 bits per heavy atom. The number of anilines is 1. The minimum absolute atomic E-state index is 0.0245. The molecule has 2 amide bonds. The highest BCUT2D eigenvalue weighted by atomic mass is 32.2. The predicted octanol–water partition coefficient (Wildman–Crippen LogP) is 3.53. The van der Waals surface area contributed by atoms with Gasteiger partial charge in [0.05, 0.1) is 5.69 Å². The molecule has 0 atom stereocenters. The summed E-state index contributed by atoms with van der Waals surface area (Å²) in [4.78, 5) is 27.3. The number of nitrogens with one attached hydrogen (secondary N) is 1. The van der Waals surface area contributed by atoms with Gasteiger partial charge in [0.15, 0.2) is 0 Å². The molecule has 0 aromatic heterocycles. The molecule has 5 heteroatoms. The molecule has 1 N–H and O–H groups in total. The molecule has 1 aliphatic heterocycles. The zero-order valence-corrected chi connectivity index (χ0v) is 13.7. The van der Waals surface area contributed by atoms with Gasteiger partial charge >= 0.3 is 0 Å². The quantitative estimate of drug-likeness (QED) is 0.907. The predicted molar refractivity (Wildman–Crippen MR) is 89.4 cm³/mol. The van der Waals surface area contributed by atoms with Crippen molar-refractivity contribution in [2.75, 3.05) is 18.1 Å². The van der Waals surface area contributed by atoms with E-state index >= 15 is 0 Å². The first kappa shape index (κ1) is 15.4. The van der Waals surface area contributed by atoms with Gasteiger partial charge < -0.3 is 10.2 Å². The Labute approximate surface area is 135 Å². The van der Waals surface area contributed by atoms with Crippen molar-refractivity contribution >= 4 is 29.3 Å². The highest BCUT2D eigenvalue weighted by Gasteiger charge is 2.24. The summed E-state index contributed by atoms with van der Waals surface area (Å²) in [6.07, 6.45) is 6.41. The highest BCUT2D eigenvalue weighted by Crippen LogP contribution is 2.32. The SMILES string of the molecule is CN(C(=O)c1ccc2c(c1)NC(=O)CCS2)C1CCCCC1. The molecule has 1 heterocycles. The Kier molecular flexibility index (Phi) is 4.71. The molecule has 118 valence electrons. The fourth-order valence-electron chi connectivity index (χ4n) is 3.19. The number of carbonyl (C=O) groups is 2. The topological polar surface area (TPSA) is 49.4 Å². The molecule has 1 aromatic carbocycles. The second kappa shape index (κ2) is 6.73. The number of fused-ring (bicyclic) bond motifs is 1. The normalized spacial score (nSPS) is 19.0. The molecule has 1 fully saturated rings. The van der Waals surface area contributed by atoms with Crippen LogP contribution in [0.25, 0.3) is 0 Å². The molecule has 0 unspecified atom stereocenters. The minimum atomic E-state index is 0.0245. The monoisotopic (exact) mass is 318 g/mol. The second-order valence-corrected chi connectivity index (χ2v) is 7.20. The van der Waals surface area contributed by atoms with Crippen LogP contribution in [0.15, 0.2) is 23.1 Å². The maximum Gasteiger partial charge on any atom is 0.253 e. The molecule has 3 rings (SSSR count). The van der Waals surface area contributed by atoms with Crippen LogP contribution in [-0.2, 0) is 4.79 Å². The number of nitrogens with zero attached hydrogens (tertiary/aromatic N) is 1. The molecule has 22 heavy (non-hydrogen) atoms. The second-order valence-electron chi connectivity index (χ2n) is 6.07. The number of carbonyl (C=O) groups excluding carboxylic acids is 2. The molecule has 1 aromatic rings. The lowest BCUT2D eigenvalue weighted by atomic mass is 9.94. The van der Waals surface area contributed by atoms with Gasteiger partial charge in [-0.15, -0.1) is 11.8 Å². The Bertz CT molecular complexity index is 582. The Morgan fingerprint density at radius 1 is 1.27 bits per heavy atom. The summed E-state index contributed by atoms with van der Waals surface area (Å²) in [5.74, 6) is 0.864. The lowest BCUT2D eigenvalue weighted by Gasteiger charge is -2.31. The smallest absolute Gasteiger partial charge is 0.253 e. The van der Waals surface area contributed by atoms with E-state index in [0.717, 1.165) is 29.2 Å².